The number of ether oxygens (including phenoxy) is 2. The second-order valence-electron chi connectivity index (χ2n) is 4.74. The highest BCUT2D eigenvalue weighted by Crippen LogP contribution is 2.20. The van der Waals surface area contributed by atoms with Crippen LogP contribution in [0.2, 0.25) is 0 Å². The van der Waals surface area contributed by atoms with Crippen molar-refractivity contribution >= 4 is 0 Å². The molecule has 0 radical (unpaired) electrons. The van der Waals surface area contributed by atoms with Gasteiger partial charge in [0.25, 0.3) is 0 Å². The highest BCUT2D eigenvalue weighted by Gasteiger charge is 2.29. The van der Waals surface area contributed by atoms with Crippen LogP contribution in [0.25, 0.3) is 0 Å². The van der Waals surface area contributed by atoms with Crippen molar-refractivity contribution in [1.82, 2.24) is 9.80 Å². The molecule has 2 aliphatic rings. The number of piperazine rings is 1. The van der Waals surface area contributed by atoms with Gasteiger partial charge in [-0.15, -0.1) is 0 Å². The van der Waals surface area contributed by atoms with Crippen LogP contribution in [-0.4, -0.2) is 75.5 Å². The molecule has 0 bridgehead atoms. The van der Waals surface area contributed by atoms with E-state index in [9.17, 15) is 0 Å². The molecule has 1 atom stereocenters. The molecular weight excluding hydrogens is 204 g/mol. The van der Waals surface area contributed by atoms with Crippen LogP contribution in [0.5, 0.6) is 0 Å². The van der Waals surface area contributed by atoms with Crippen LogP contribution in [0, 0.1) is 0 Å². The highest BCUT2D eigenvalue weighted by molar-refractivity contribution is 4.86. The van der Waals surface area contributed by atoms with Crippen molar-refractivity contribution < 1.29 is 9.47 Å². The fraction of sp³-hybridized carbons (Fsp3) is 1.00. The number of nitrogens with zero attached hydrogens (tertiary/aromatic N) is 2. The molecular formula is C12H24N2O2. The molecule has 4 nitrogen and oxygen atoms in total. The van der Waals surface area contributed by atoms with E-state index >= 15 is 0 Å². The summed E-state index contributed by atoms with van der Waals surface area (Å²) in [5.74, 6) is 0. The molecule has 4 heteroatoms. The second kappa shape index (κ2) is 6.55. The number of fused-ring (bicyclic) bond motifs is 1. The summed E-state index contributed by atoms with van der Waals surface area (Å²) in [6.45, 7) is 8.38. The smallest absolute Gasteiger partial charge is 0.0700 e. The summed E-state index contributed by atoms with van der Waals surface area (Å²) in [4.78, 5) is 5.18. The van der Waals surface area contributed by atoms with Gasteiger partial charge in [-0.2, -0.15) is 0 Å². The summed E-state index contributed by atoms with van der Waals surface area (Å²) in [5.41, 5.74) is 0. The van der Waals surface area contributed by atoms with Gasteiger partial charge in [0.05, 0.1) is 19.8 Å². The maximum Gasteiger partial charge on any atom is 0.0700 e. The van der Waals surface area contributed by atoms with Crippen LogP contribution < -0.4 is 0 Å². The summed E-state index contributed by atoms with van der Waals surface area (Å²) in [6, 6.07) is 0.827. The van der Waals surface area contributed by atoms with Crippen LogP contribution in [0.15, 0.2) is 0 Å². The van der Waals surface area contributed by atoms with Gasteiger partial charge in [-0.05, 0) is 19.4 Å². The molecule has 2 fully saturated rings. The predicted molar refractivity (Wildman–Crippen MR) is 63.7 cm³/mol. The molecule has 0 saturated carbocycles. The van der Waals surface area contributed by atoms with Crippen molar-refractivity contribution in [3.63, 3.8) is 0 Å². The summed E-state index contributed by atoms with van der Waals surface area (Å²) in [7, 11) is 1.71. The van der Waals surface area contributed by atoms with Crippen LogP contribution in [0.4, 0.5) is 0 Å². The largest absolute Gasteiger partial charge is 0.382 e. The molecule has 2 heterocycles. The van der Waals surface area contributed by atoms with Gasteiger partial charge < -0.3 is 9.47 Å². The predicted octanol–water partition coefficient (Wildman–Crippen LogP) is 0.429. The molecule has 0 aromatic rings. The quantitative estimate of drug-likeness (QED) is 0.616. The average molecular weight is 228 g/mol. The zero-order valence-corrected chi connectivity index (χ0v) is 10.4. The molecule has 0 aromatic carbocycles. The molecule has 2 rings (SSSR count). The Bertz CT molecular complexity index is 201. The molecule has 0 amide bonds. The van der Waals surface area contributed by atoms with Crippen molar-refractivity contribution in [2.24, 2.45) is 0 Å². The minimum atomic E-state index is 0.705. The highest BCUT2D eigenvalue weighted by atomic mass is 16.5. The summed E-state index contributed by atoms with van der Waals surface area (Å²) in [5, 5.41) is 0. The summed E-state index contributed by atoms with van der Waals surface area (Å²) in [6.07, 6.45) is 2.78. The van der Waals surface area contributed by atoms with E-state index < -0.39 is 0 Å². The zero-order valence-electron chi connectivity index (χ0n) is 10.4. The standard InChI is InChI=1S/C12H24N2O2/c1-15-9-10-16-8-7-13-5-6-14-4-2-3-12(14)11-13/h12H,2-11H2,1H3. The molecule has 2 aliphatic heterocycles. The first-order chi connectivity index (χ1) is 7.90. The first-order valence-electron chi connectivity index (χ1n) is 6.43. The van der Waals surface area contributed by atoms with Crippen molar-refractivity contribution in [2.75, 3.05) is 59.7 Å². The first-order valence-corrected chi connectivity index (χ1v) is 6.43. The van der Waals surface area contributed by atoms with Crippen LogP contribution in [0.1, 0.15) is 12.8 Å². The van der Waals surface area contributed by atoms with E-state index in [0.29, 0.717) is 6.61 Å². The molecule has 2 saturated heterocycles. The van der Waals surface area contributed by atoms with Crippen LogP contribution >= 0.6 is 0 Å². The lowest BCUT2D eigenvalue weighted by Gasteiger charge is -2.37. The molecule has 0 spiro atoms. The fourth-order valence-corrected chi connectivity index (χ4v) is 2.70. The fourth-order valence-electron chi connectivity index (χ4n) is 2.70. The van der Waals surface area contributed by atoms with Gasteiger partial charge in [-0.1, -0.05) is 0 Å². The Kier molecular flexibility index (Phi) is 5.03. The van der Waals surface area contributed by atoms with Gasteiger partial charge in [0.1, 0.15) is 0 Å². The third-order valence-corrected chi connectivity index (χ3v) is 3.66. The van der Waals surface area contributed by atoms with Gasteiger partial charge in [0.15, 0.2) is 0 Å². The van der Waals surface area contributed by atoms with Gasteiger partial charge >= 0.3 is 0 Å². The Labute approximate surface area is 98.5 Å². The Morgan fingerprint density at radius 3 is 2.94 bits per heavy atom. The number of hydrogen-bond acceptors (Lipinski definition) is 4. The summed E-state index contributed by atoms with van der Waals surface area (Å²) >= 11 is 0. The molecule has 0 aromatic heterocycles. The van der Waals surface area contributed by atoms with Crippen molar-refractivity contribution in [1.29, 1.82) is 0 Å². The SMILES string of the molecule is COCCOCCN1CCN2CCCC2C1. The molecule has 1 unspecified atom stereocenters. The molecule has 0 aliphatic carbocycles. The van der Waals surface area contributed by atoms with Gasteiger partial charge in [-0.3, -0.25) is 9.80 Å². The Hall–Kier alpha value is -0.160. The zero-order chi connectivity index (χ0) is 11.2. The topological polar surface area (TPSA) is 24.9 Å². The Morgan fingerprint density at radius 1 is 1.12 bits per heavy atom. The van der Waals surface area contributed by atoms with Crippen molar-refractivity contribution in [3.05, 3.63) is 0 Å². The van der Waals surface area contributed by atoms with E-state index in [1.54, 1.807) is 7.11 Å². The lowest BCUT2D eigenvalue weighted by atomic mass is 10.1. The number of hydrogen-bond donors (Lipinski definition) is 0. The lowest BCUT2D eigenvalue weighted by molar-refractivity contribution is 0.0394. The minimum Gasteiger partial charge on any atom is -0.382 e. The van der Waals surface area contributed by atoms with Gasteiger partial charge in [0.2, 0.25) is 0 Å². The maximum atomic E-state index is 5.51. The lowest BCUT2D eigenvalue weighted by Crippen LogP contribution is -2.50. The molecule has 0 N–H and O–H groups in total. The Balaban J connectivity index is 1.56. The van der Waals surface area contributed by atoms with Gasteiger partial charge in [0, 0.05) is 39.3 Å². The molecule has 16 heavy (non-hydrogen) atoms. The normalized spacial score (nSPS) is 27.2. The third-order valence-electron chi connectivity index (χ3n) is 3.66. The summed E-state index contributed by atoms with van der Waals surface area (Å²) < 4.78 is 10.5. The van der Waals surface area contributed by atoms with Crippen molar-refractivity contribution in [3.8, 4) is 0 Å². The average Bonchev–Trinajstić information content (AvgIpc) is 2.76. The number of methoxy groups -OCH3 is 1. The monoisotopic (exact) mass is 228 g/mol. The van der Waals surface area contributed by atoms with Crippen LogP contribution in [0.3, 0.4) is 0 Å². The van der Waals surface area contributed by atoms with E-state index in [1.165, 1.54) is 39.0 Å². The van der Waals surface area contributed by atoms with Crippen molar-refractivity contribution in [2.45, 2.75) is 18.9 Å². The van der Waals surface area contributed by atoms with Gasteiger partial charge in [-0.25, -0.2) is 0 Å². The van der Waals surface area contributed by atoms with E-state index in [0.717, 1.165) is 25.8 Å². The van der Waals surface area contributed by atoms with E-state index in [1.807, 2.05) is 0 Å². The Morgan fingerprint density at radius 2 is 2.06 bits per heavy atom. The minimum absolute atomic E-state index is 0.705. The van der Waals surface area contributed by atoms with Crippen LogP contribution in [-0.2, 0) is 9.47 Å². The van der Waals surface area contributed by atoms with E-state index in [4.69, 9.17) is 9.47 Å². The maximum absolute atomic E-state index is 5.51. The second-order valence-corrected chi connectivity index (χ2v) is 4.74. The van der Waals surface area contributed by atoms with E-state index in [2.05, 4.69) is 9.80 Å². The number of rotatable bonds is 6. The first kappa shape index (κ1) is 12.3. The van der Waals surface area contributed by atoms with E-state index in [-0.39, 0.29) is 0 Å². The third kappa shape index (κ3) is 3.42. The molecule has 94 valence electrons.